The van der Waals surface area contributed by atoms with Crippen LogP contribution in [0, 0.1) is 5.92 Å². The highest BCUT2D eigenvalue weighted by atomic mass is 16.5. The highest BCUT2D eigenvalue weighted by Crippen LogP contribution is 2.29. The summed E-state index contributed by atoms with van der Waals surface area (Å²) in [5, 5.41) is 2.91. The fourth-order valence-corrected chi connectivity index (χ4v) is 2.44. The van der Waals surface area contributed by atoms with Crippen LogP contribution in [0.2, 0.25) is 0 Å². The Kier molecular flexibility index (Phi) is 5.07. The van der Waals surface area contributed by atoms with Crippen molar-refractivity contribution < 1.29 is 9.53 Å². The van der Waals surface area contributed by atoms with Crippen molar-refractivity contribution in [3.05, 3.63) is 18.2 Å². The molecule has 0 saturated heterocycles. The largest absolute Gasteiger partial charge is 0.494 e. The summed E-state index contributed by atoms with van der Waals surface area (Å²) in [7, 11) is 1.57. The molecule has 1 saturated carbocycles. The summed E-state index contributed by atoms with van der Waals surface area (Å²) in [5.74, 6) is 1.14. The van der Waals surface area contributed by atoms with Crippen molar-refractivity contribution in [1.82, 2.24) is 4.90 Å². The molecule has 21 heavy (non-hydrogen) atoms. The summed E-state index contributed by atoms with van der Waals surface area (Å²) < 4.78 is 5.25. The number of benzene rings is 1. The lowest BCUT2D eigenvalue weighted by Gasteiger charge is -2.23. The Morgan fingerprint density at radius 3 is 2.76 bits per heavy atom. The monoisotopic (exact) mass is 291 g/mol. The fraction of sp³-hybridized carbons (Fsp3) is 0.562. The maximum Gasteiger partial charge on any atom is 0.238 e. The van der Waals surface area contributed by atoms with E-state index < -0.39 is 0 Å². The predicted octanol–water partition coefficient (Wildman–Crippen LogP) is 2.34. The van der Waals surface area contributed by atoms with Gasteiger partial charge in [-0.25, -0.2) is 0 Å². The van der Waals surface area contributed by atoms with Crippen molar-refractivity contribution in [2.75, 3.05) is 31.2 Å². The summed E-state index contributed by atoms with van der Waals surface area (Å²) in [6, 6.07) is 5.81. The average molecular weight is 291 g/mol. The smallest absolute Gasteiger partial charge is 0.238 e. The van der Waals surface area contributed by atoms with Gasteiger partial charge >= 0.3 is 0 Å². The van der Waals surface area contributed by atoms with E-state index in [9.17, 15) is 4.79 Å². The molecule has 1 aliphatic carbocycles. The number of nitrogens with two attached hydrogens (primary N) is 1. The lowest BCUT2D eigenvalue weighted by atomic mass is 10.2. The molecule has 1 aliphatic rings. The molecule has 1 fully saturated rings. The van der Waals surface area contributed by atoms with Gasteiger partial charge in [0.2, 0.25) is 5.91 Å². The van der Waals surface area contributed by atoms with E-state index >= 15 is 0 Å². The topological polar surface area (TPSA) is 67.6 Å². The molecule has 1 aromatic rings. The van der Waals surface area contributed by atoms with Gasteiger partial charge in [0.25, 0.3) is 0 Å². The number of anilines is 2. The number of rotatable bonds is 7. The molecule has 1 amide bonds. The molecule has 0 aliphatic heterocycles. The van der Waals surface area contributed by atoms with Crippen LogP contribution in [-0.4, -0.2) is 37.0 Å². The number of carbonyl (C=O) groups is 1. The first-order valence-electron chi connectivity index (χ1n) is 7.47. The Bertz CT molecular complexity index is 498. The van der Waals surface area contributed by atoms with E-state index in [0.717, 1.165) is 6.54 Å². The lowest BCUT2D eigenvalue weighted by molar-refractivity contribution is -0.117. The van der Waals surface area contributed by atoms with Gasteiger partial charge in [-0.05, 0) is 30.9 Å². The third-order valence-electron chi connectivity index (χ3n) is 3.51. The van der Waals surface area contributed by atoms with E-state index in [1.807, 2.05) is 0 Å². The third-order valence-corrected chi connectivity index (χ3v) is 3.51. The third kappa shape index (κ3) is 4.63. The van der Waals surface area contributed by atoms with E-state index in [1.54, 1.807) is 25.3 Å². The van der Waals surface area contributed by atoms with E-state index in [1.165, 1.54) is 12.8 Å². The number of carbonyl (C=O) groups excluding carboxylic acids is 1. The molecule has 5 heteroatoms. The zero-order valence-corrected chi connectivity index (χ0v) is 13.1. The van der Waals surface area contributed by atoms with Gasteiger partial charge in [-0.15, -0.1) is 0 Å². The first-order chi connectivity index (χ1) is 9.99. The minimum Gasteiger partial charge on any atom is -0.494 e. The summed E-state index contributed by atoms with van der Waals surface area (Å²) in [6.45, 7) is 5.74. The van der Waals surface area contributed by atoms with Gasteiger partial charge in [0.1, 0.15) is 5.75 Å². The van der Waals surface area contributed by atoms with Crippen molar-refractivity contribution in [3.8, 4) is 5.75 Å². The van der Waals surface area contributed by atoms with E-state index in [2.05, 4.69) is 24.1 Å². The maximum atomic E-state index is 12.3. The highest BCUT2D eigenvalue weighted by molar-refractivity contribution is 5.94. The van der Waals surface area contributed by atoms with Gasteiger partial charge in [0.15, 0.2) is 0 Å². The van der Waals surface area contributed by atoms with Gasteiger partial charge in [-0.1, -0.05) is 13.8 Å². The Morgan fingerprint density at radius 2 is 2.19 bits per heavy atom. The summed E-state index contributed by atoms with van der Waals surface area (Å²) >= 11 is 0. The number of methoxy groups -OCH3 is 1. The summed E-state index contributed by atoms with van der Waals surface area (Å²) in [6.07, 6.45) is 2.40. The lowest BCUT2D eigenvalue weighted by Crippen LogP contribution is -2.37. The molecule has 2 rings (SSSR count). The molecule has 3 N–H and O–H groups in total. The molecule has 0 spiro atoms. The minimum absolute atomic E-state index is 0.00868. The van der Waals surface area contributed by atoms with Crippen molar-refractivity contribution in [3.63, 3.8) is 0 Å². The molecule has 0 aromatic heterocycles. The molecular formula is C16H25N3O2. The van der Waals surface area contributed by atoms with Gasteiger partial charge in [-0.2, -0.15) is 0 Å². The molecule has 0 radical (unpaired) electrons. The Balaban J connectivity index is 1.97. The van der Waals surface area contributed by atoms with Crippen molar-refractivity contribution in [1.29, 1.82) is 0 Å². The number of hydrogen-bond donors (Lipinski definition) is 2. The molecule has 5 nitrogen and oxygen atoms in total. The van der Waals surface area contributed by atoms with Crippen LogP contribution >= 0.6 is 0 Å². The second-order valence-corrected chi connectivity index (χ2v) is 6.06. The first kappa shape index (κ1) is 15.6. The molecule has 1 aromatic carbocycles. The van der Waals surface area contributed by atoms with E-state index in [4.69, 9.17) is 10.5 Å². The maximum absolute atomic E-state index is 12.3. The SMILES string of the molecule is COc1cc(N)ccc1NC(=O)CN(CC(C)C)C1CC1. The van der Waals surface area contributed by atoms with Crippen LogP contribution in [0.1, 0.15) is 26.7 Å². The normalized spacial score (nSPS) is 14.5. The molecule has 116 valence electrons. The summed E-state index contributed by atoms with van der Waals surface area (Å²) in [4.78, 5) is 14.5. The standard InChI is InChI=1S/C16H25N3O2/c1-11(2)9-19(13-5-6-13)10-16(20)18-14-7-4-12(17)8-15(14)21-3/h4,7-8,11,13H,5-6,9-10,17H2,1-3H3,(H,18,20). The van der Waals surface area contributed by atoms with Crippen LogP contribution in [-0.2, 0) is 4.79 Å². The number of nitrogen functional groups attached to an aromatic ring is 1. The number of amides is 1. The van der Waals surface area contributed by atoms with E-state index in [0.29, 0.717) is 35.6 Å². The van der Waals surface area contributed by atoms with Crippen LogP contribution in [0.4, 0.5) is 11.4 Å². The Hall–Kier alpha value is -1.75. The molecular weight excluding hydrogens is 266 g/mol. The zero-order valence-electron chi connectivity index (χ0n) is 13.1. The molecule has 0 unspecified atom stereocenters. The fourth-order valence-electron chi connectivity index (χ4n) is 2.44. The highest BCUT2D eigenvalue weighted by Gasteiger charge is 2.30. The van der Waals surface area contributed by atoms with Crippen molar-refractivity contribution >= 4 is 17.3 Å². The van der Waals surface area contributed by atoms with Crippen molar-refractivity contribution in [2.24, 2.45) is 5.92 Å². The quantitative estimate of drug-likeness (QED) is 0.757. The van der Waals surface area contributed by atoms with E-state index in [-0.39, 0.29) is 5.91 Å². The number of ether oxygens (including phenoxy) is 1. The van der Waals surface area contributed by atoms with Gasteiger partial charge < -0.3 is 15.8 Å². The van der Waals surface area contributed by atoms with Crippen molar-refractivity contribution in [2.45, 2.75) is 32.7 Å². The van der Waals surface area contributed by atoms with Crippen LogP contribution in [0.5, 0.6) is 5.75 Å². The Morgan fingerprint density at radius 1 is 1.48 bits per heavy atom. The van der Waals surface area contributed by atoms with Gasteiger partial charge in [-0.3, -0.25) is 9.69 Å². The second-order valence-electron chi connectivity index (χ2n) is 6.06. The van der Waals surface area contributed by atoms with Crippen LogP contribution in [0.15, 0.2) is 18.2 Å². The number of nitrogens with zero attached hydrogens (tertiary/aromatic N) is 1. The van der Waals surface area contributed by atoms with Crippen LogP contribution in [0.25, 0.3) is 0 Å². The van der Waals surface area contributed by atoms with Crippen LogP contribution in [0.3, 0.4) is 0 Å². The first-order valence-corrected chi connectivity index (χ1v) is 7.47. The Labute approximate surface area is 126 Å². The van der Waals surface area contributed by atoms with Crippen LogP contribution < -0.4 is 15.8 Å². The molecule has 0 atom stereocenters. The predicted molar refractivity (Wildman–Crippen MR) is 85.5 cm³/mol. The molecule has 0 bridgehead atoms. The number of nitrogens with one attached hydrogen (secondary N) is 1. The van der Waals surface area contributed by atoms with Gasteiger partial charge in [0, 0.05) is 24.3 Å². The minimum atomic E-state index is -0.00868. The molecule has 0 heterocycles. The second kappa shape index (κ2) is 6.80. The summed E-state index contributed by atoms with van der Waals surface area (Å²) in [5.41, 5.74) is 7.00. The van der Waals surface area contributed by atoms with Gasteiger partial charge in [0.05, 0.1) is 19.3 Å². The number of hydrogen-bond acceptors (Lipinski definition) is 4. The zero-order chi connectivity index (χ0) is 15.4. The average Bonchev–Trinajstić information content (AvgIpc) is 3.24.